The topological polar surface area (TPSA) is 70.9 Å². The molecule has 1 fully saturated rings. The molecule has 1 aliphatic carbocycles. The number of phenols is 1. The molecule has 0 atom stereocenters. The van der Waals surface area contributed by atoms with E-state index in [0.29, 0.717) is 12.4 Å². The van der Waals surface area contributed by atoms with Gasteiger partial charge < -0.3 is 9.84 Å². The van der Waals surface area contributed by atoms with Crippen molar-refractivity contribution in [3.8, 4) is 11.5 Å². The molecule has 0 aliphatic heterocycles. The van der Waals surface area contributed by atoms with E-state index >= 15 is 0 Å². The number of rotatable bonds is 5. The lowest BCUT2D eigenvalue weighted by Crippen LogP contribution is -2.28. The molecule has 0 bridgehead atoms. The molecule has 1 aliphatic rings. The van der Waals surface area contributed by atoms with E-state index < -0.39 is 0 Å². The van der Waals surface area contributed by atoms with Gasteiger partial charge in [0.05, 0.1) is 12.8 Å². The zero-order valence-corrected chi connectivity index (χ0v) is 12.3. The third kappa shape index (κ3) is 4.48. The lowest BCUT2D eigenvalue weighted by molar-refractivity contribution is -0.125. The lowest BCUT2D eigenvalue weighted by Gasteiger charge is -2.19. The number of phenolic OH excluding ortho intramolecular Hbond substituents is 1. The van der Waals surface area contributed by atoms with Crippen LogP contribution in [0.5, 0.6) is 11.5 Å². The molecule has 5 nitrogen and oxygen atoms in total. The van der Waals surface area contributed by atoms with Crippen LogP contribution >= 0.6 is 0 Å². The van der Waals surface area contributed by atoms with Crippen molar-refractivity contribution in [2.75, 3.05) is 6.61 Å². The van der Waals surface area contributed by atoms with E-state index in [1.54, 1.807) is 24.4 Å². The van der Waals surface area contributed by atoms with E-state index in [1.807, 2.05) is 6.92 Å². The van der Waals surface area contributed by atoms with Crippen molar-refractivity contribution in [1.82, 2.24) is 5.43 Å². The van der Waals surface area contributed by atoms with E-state index in [1.165, 1.54) is 6.42 Å². The molecule has 0 saturated heterocycles. The Morgan fingerprint density at radius 3 is 2.90 bits per heavy atom. The Morgan fingerprint density at radius 1 is 1.43 bits per heavy atom. The highest BCUT2D eigenvalue weighted by Crippen LogP contribution is 2.26. The number of nitrogens with zero attached hydrogens (tertiary/aromatic N) is 1. The van der Waals surface area contributed by atoms with Gasteiger partial charge in [0.15, 0.2) is 11.5 Å². The summed E-state index contributed by atoms with van der Waals surface area (Å²) in [5, 5.41) is 13.6. The van der Waals surface area contributed by atoms with Crippen LogP contribution in [0.25, 0.3) is 0 Å². The molecular weight excluding hydrogens is 268 g/mol. The summed E-state index contributed by atoms with van der Waals surface area (Å²) < 4.78 is 5.30. The van der Waals surface area contributed by atoms with Gasteiger partial charge in [0, 0.05) is 5.92 Å². The third-order valence-electron chi connectivity index (χ3n) is 3.65. The normalized spacial score (nSPS) is 16.0. The van der Waals surface area contributed by atoms with E-state index in [0.717, 1.165) is 31.2 Å². The van der Waals surface area contributed by atoms with Crippen LogP contribution < -0.4 is 10.2 Å². The van der Waals surface area contributed by atoms with E-state index in [2.05, 4.69) is 10.5 Å². The van der Waals surface area contributed by atoms with Gasteiger partial charge in [0.2, 0.25) is 5.91 Å². The van der Waals surface area contributed by atoms with Gasteiger partial charge in [-0.15, -0.1) is 0 Å². The number of carbonyl (C=O) groups excluding carboxylic acids is 1. The number of ether oxygens (including phenoxy) is 1. The molecule has 114 valence electrons. The summed E-state index contributed by atoms with van der Waals surface area (Å²) >= 11 is 0. The van der Waals surface area contributed by atoms with Crippen LogP contribution in [0.3, 0.4) is 0 Å². The van der Waals surface area contributed by atoms with Gasteiger partial charge in [-0.1, -0.05) is 19.3 Å². The fourth-order valence-corrected chi connectivity index (χ4v) is 2.51. The number of carbonyl (C=O) groups is 1. The molecule has 1 amide bonds. The summed E-state index contributed by atoms with van der Waals surface area (Å²) in [6, 6.07) is 4.96. The molecule has 0 heterocycles. The minimum atomic E-state index is -0.00485. The molecule has 0 spiro atoms. The molecule has 1 aromatic carbocycles. The van der Waals surface area contributed by atoms with E-state index in [9.17, 15) is 9.90 Å². The SMILES string of the molecule is CCOc1cc(/C=N\NC(=O)C2CCCCC2)ccc1O. The second-order valence-electron chi connectivity index (χ2n) is 5.23. The molecule has 0 radical (unpaired) electrons. The number of amides is 1. The summed E-state index contributed by atoms with van der Waals surface area (Å²) in [4.78, 5) is 11.9. The molecule has 0 aromatic heterocycles. The second-order valence-corrected chi connectivity index (χ2v) is 5.23. The molecule has 2 rings (SSSR count). The fourth-order valence-electron chi connectivity index (χ4n) is 2.51. The van der Waals surface area contributed by atoms with Crippen molar-refractivity contribution in [1.29, 1.82) is 0 Å². The Labute approximate surface area is 125 Å². The highest BCUT2D eigenvalue weighted by atomic mass is 16.5. The quantitative estimate of drug-likeness (QED) is 0.647. The second kappa shape index (κ2) is 7.67. The summed E-state index contributed by atoms with van der Waals surface area (Å²) in [6.07, 6.45) is 6.93. The van der Waals surface area contributed by atoms with Crippen LogP contribution in [-0.4, -0.2) is 23.8 Å². The maximum atomic E-state index is 11.9. The number of nitrogens with one attached hydrogen (secondary N) is 1. The van der Waals surface area contributed by atoms with Crippen molar-refractivity contribution < 1.29 is 14.6 Å². The summed E-state index contributed by atoms with van der Waals surface area (Å²) in [5.41, 5.74) is 3.36. The van der Waals surface area contributed by atoms with Crippen molar-refractivity contribution in [2.45, 2.75) is 39.0 Å². The number of hydrogen-bond acceptors (Lipinski definition) is 4. The summed E-state index contributed by atoms with van der Waals surface area (Å²) in [6.45, 7) is 2.33. The van der Waals surface area contributed by atoms with Crippen molar-refractivity contribution in [3.05, 3.63) is 23.8 Å². The Balaban J connectivity index is 1.91. The van der Waals surface area contributed by atoms with Gasteiger partial charge in [-0.05, 0) is 43.5 Å². The fraction of sp³-hybridized carbons (Fsp3) is 0.500. The Kier molecular flexibility index (Phi) is 5.60. The van der Waals surface area contributed by atoms with Crippen LogP contribution in [-0.2, 0) is 4.79 Å². The van der Waals surface area contributed by atoms with Gasteiger partial charge in [-0.2, -0.15) is 5.10 Å². The van der Waals surface area contributed by atoms with Crippen LogP contribution in [0.1, 0.15) is 44.6 Å². The molecule has 5 heteroatoms. The maximum Gasteiger partial charge on any atom is 0.243 e. The third-order valence-corrected chi connectivity index (χ3v) is 3.65. The van der Waals surface area contributed by atoms with Gasteiger partial charge in [-0.25, -0.2) is 5.43 Å². The smallest absolute Gasteiger partial charge is 0.243 e. The first-order valence-corrected chi connectivity index (χ1v) is 7.49. The summed E-state index contributed by atoms with van der Waals surface area (Å²) in [5.74, 6) is 0.602. The maximum absolute atomic E-state index is 11.9. The van der Waals surface area contributed by atoms with Crippen LogP contribution in [0.4, 0.5) is 0 Å². The molecular formula is C16H22N2O3. The highest BCUT2D eigenvalue weighted by Gasteiger charge is 2.20. The van der Waals surface area contributed by atoms with Crippen LogP contribution in [0.15, 0.2) is 23.3 Å². The van der Waals surface area contributed by atoms with Crippen LogP contribution in [0, 0.1) is 5.92 Å². The average Bonchev–Trinajstić information content (AvgIpc) is 2.51. The first-order chi connectivity index (χ1) is 10.2. The molecule has 21 heavy (non-hydrogen) atoms. The number of benzene rings is 1. The number of aromatic hydroxyl groups is 1. The first kappa shape index (κ1) is 15.4. The van der Waals surface area contributed by atoms with Crippen molar-refractivity contribution in [3.63, 3.8) is 0 Å². The van der Waals surface area contributed by atoms with Gasteiger partial charge in [0.25, 0.3) is 0 Å². The minimum absolute atomic E-state index is 0.00485. The van der Waals surface area contributed by atoms with E-state index in [4.69, 9.17) is 4.74 Å². The van der Waals surface area contributed by atoms with Crippen molar-refractivity contribution in [2.24, 2.45) is 11.0 Å². The number of hydrazone groups is 1. The van der Waals surface area contributed by atoms with Gasteiger partial charge >= 0.3 is 0 Å². The van der Waals surface area contributed by atoms with Gasteiger partial charge in [-0.3, -0.25) is 4.79 Å². The highest BCUT2D eigenvalue weighted by molar-refractivity contribution is 5.84. The standard InChI is InChI=1S/C16H22N2O3/c1-2-21-15-10-12(8-9-14(15)19)11-17-18-16(20)13-6-4-3-5-7-13/h8-11,13,19H,2-7H2,1H3,(H,18,20)/b17-11-. The molecule has 2 N–H and O–H groups in total. The monoisotopic (exact) mass is 290 g/mol. The Morgan fingerprint density at radius 2 is 2.19 bits per heavy atom. The largest absolute Gasteiger partial charge is 0.504 e. The zero-order valence-electron chi connectivity index (χ0n) is 12.3. The van der Waals surface area contributed by atoms with Crippen LogP contribution in [0.2, 0.25) is 0 Å². The van der Waals surface area contributed by atoms with Crippen molar-refractivity contribution >= 4 is 12.1 Å². The first-order valence-electron chi connectivity index (χ1n) is 7.49. The predicted octanol–water partition coefficient (Wildman–Crippen LogP) is 2.82. The molecule has 0 unspecified atom stereocenters. The average molecular weight is 290 g/mol. The Hall–Kier alpha value is -2.04. The van der Waals surface area contributed by atoms with Gasteiger partial charge in [0.1, 0.15) is 0 Å². The molecule has 1 saturated carbocycles. The lowest BCUT2D eigenvalue weighted by atomic mass is 9.89. The number of hydrogen-bond donors (Lipinski definition) is 2. The predicted molar refractivity (Wildman–Crippen MR) is 81.6 cm³/mol. The summed E-state index contributed by atoms with van der Waals surface area (Å²) in [7, 11) is 0. The minimum Gasteiger partial charge on any atom is -0.504 e. The Bertz CT molecular complexity index is 508. The molecule has 1 aromatic rings. The zero-order chi connectivity index (χ0) is 15.1. The van der Waals surface area contributed by atoms with E-state index in [-0.39, 0.29) is 17.6 Å².